The molecule has 0 bridgehead atoms. The molecule has 0 saturated carbocycles. The Morgan fingerprint density at radius 3 is 1.70 bits per heavy atom. The Kier molecular flexibility index (Phi) is 6.62. The summed E-state index contributed by atoms with van der Waals surface area (Å²) in [5.41, 5.74) is 7.23. The number of phenols is 1. The van der Waals surface area contributed by atoms with E-state index in [0.29, 0.717) is 0 Å². The summed E-state index contributed by atoms with van der Waals surface area (Å²) in [6.07, 6.45) is 1.82. The molecule has 0 heterocycles. The van der Waals surface area contributed by atoms with Crippen molar-refractivity contribution in [2.75, 3.05) is 0 Å². The highest BCUT2D eigenvalue weighted by atomic mass is 16.3. The van der Waals surface area contributed by atoms with E-state index in [4.69, 9.17) is 4.99 Å². The number of hydrogen-bond acceptors (Lipinski definition) is 2. The minimum Gasteiger partial charge on any atom is -0.507 e. The van der Waals surface area contributed by atoms with Gasteiger partial charge in [0.1, 0.15) is 5.75 Å². The van der Waals surface area contributed by atoms with Crippen molar-refractivity contribution in [3.63, 3.8) is 0 Å². The van der Waals surface area contributed by atoms with Crippen molar-refractivity contribution in [2.24, 2.45) is 4.99 Å². The van der Waals surface area contributed by atoms with Gasteiger partial charge in [0.05, 0.1) is 5.69 Å². The van der Waals surface area contributed by atoms with Crippen LogP contribution in [-0.2, 0) is 16.2 Å². The van der Waals surface area contributed by atoms with Crippen molar-refractivity contribution in [1.82, 2.24) is 0 Å². The maximum atomic E-state index is 11.0. The van der Waals surface area contributed by atoms with E-state index in [0.717, 1.165) is 22.4 Å². The van der Waals surface area contributed by atoms with Gasteiger partial charge in [0, 0.05) is 17.3 Å². The van der Waals surface area contributed by atoms with Gasteiger partial charge in [-0.3, -0.25) is 4.99 Å². The summed E-state index contributed by atoms with van der Waals surface area (Å²) in [5, 5.41) is 11.0. The largest absolute Gasteiger partial charge is 0.507 e. The Morgan fingerprint density at radius 1 is 0.667 bits per heavy atom. The number of para-hydroxylation sites is 1. The van der Waals surface area contributed by atoms with Crippen LogP contribution in [0.2, 0.25) is 0 Å². The van der Waals surface area contributed by atoms with Crippen molar-refractivity contribution in [3.8, 4) is 16.9 Å². The van der Waals surface area contributed by atoms with E-state index in [-0.39, 0.29) is 22.0 Å². The van der Waals surface area contributed by atoms with Gasteiger partial charge in [0.2, 0.25) is 0 Å². The zero-order valence-electron chi connectivity index (χ0n) is 21.7. The summed E-state index contributed by atoms with van der Waals surface area (Å²) in [6.45, 7) is 20.2. The van der Waals surface area contributed by atoms with E-state index in [1.807, 2.05) is 54.7 Å². The van der Waals surface area contributed by atoms with Crippen LogP contribution >= 0.6 is 0 Å². The fourth-order valence-corrected chi connectivity index (χ4v) is 4.00. The Morgan fingerprint density at radius 2 is 1.21 bits per heavy atom. The number of aliphatic imine (C=N–C) groups is 1. The van der Waals surface area contributed by atoms with E-state index < -0.39 is 0 Å². The van der Waals surface area contributed by atoms with Crippen LogP contribution in [0.4, 0.5) is 5.69 Å². The maximum Gasteiger partial charge on any atom is 0.132 e. The first-order valence-corrected chi connectivity index (χ1v) is 11.8. The van der Waals surface area contributed by atoms with Gasteiger partial charge in [0.15, 0.2) is 0 Å². The van der Waals surface area contributed by atoms with Crippen LogP contribution in [-0.4, -0.2) is 11.3 Å². The van der Waals surface area contributed by atoms with Gasteiger partial charge in [-0.25, -0.2) is 0 Å². The van der Waals surface area contributed by atoms with Gasteiger partial charge >= 0.3 is 0 Å². The van der Waals surface area contributed by atoms with E-state index >= 15 is 0 Å². The fourth-order valence-electron chi connectivity index (χ4n) is 4.00. The number of aromatic hydroxyl groups is 1. The van der Waals surface area contributed by atoms with Gasteiger partial charge in [-0.05, 0) is 44.6 Å². The molecule has 0 aliphatic carbocycles. The van der Waals surface area contributed by atoms with Crippen LogP contribution in [0.25, 0.3) is 11.1 Å². The van der Waals surface area contributed by atoms with Gasteiger partial charge in [-0.15, -0.1) is 0 Å². The van der Waals surface area contributed by atoms with Gasteiger partial charge in [0.25, 0.3) is 0 Å². The van der Waals surface area contributed by atoms with Gasteiger partial charge in [-0.2, -0.15) is 0 Å². The molecule has 0 spiro atoms. The molecule has 0 aliphatic heterocycles. The number of hydrogen-bond donors (Lipinski definition) is 1. The molecule has 0 saturated heterocycles. The summed E-state index contributed by atoms with van der Waals surface area (Å²) < 4.78 is 0. The fraction of sp³-hybridized carbons (Fsp3) is 0.387. The molecule has 0 unspecified atom stereocenters. The first kappa shape index (κ1) is 24.8. The zero-order valence-corrected chi connectivity index (χ0v) is 21.7. The molecule has 3 aromatic carbocycles. The minimum atomic E-state index is -0.0676. The Bertz CT molecular complexity index is 1120. The monoisotopic (exact) mass is 441 g/mol. The highest BCUT2D eigenvalue weighted by Crippen LogP contribution is 2.43. The number of nitrogens with zero attached hydrogens (tertiary/aromatic N) is 1. The summed E-state index contributed by atoms with van der Waals surface area (Å²) in [7, 11) is 0. The molecule has 0 atom stereocenters. The SMILES string of the molecule is CC(C)(C)c1cc(C(C)(C)C)c(N=Cc2cccc(-c3ccccc3)c2O)c(C(C)(C)C)c1. The first-order chi connectivity index (χ1) is 15.2. The first-order valence-electron chi connectivity index (χ1n) is 11.8. The maximum absolute atomic E-state index is 11.0. The Labute approximate surface area is 200 Å². The minimum absolute atomic E-state index is 0.0462. The number of rotatable bonds is 3. The van der Waals surface area contributed by atoms with Crippen LogP contribution in [0, 0.1) is 0 Å². The highest BCUT2D eigenvalue weighted by Gasteiger charge is 2.29. The predicted molar refractivity (Wildman–Crippen MR) is 143 cm³/mol. The molecule has 174 valence electrons. The predicted octanol–water partition coefficient (Wildman–Crippen LogP) is 8.70. The van der Waals surface area contributed by atoms with E-state index in [1.54, 1.807) is 0 Å². The third-order valence-electron chi connectivity index (χ3n) is 6.08. The third-order valence-corrected chi connectivity index (χ3v) is 6.08. The summed E-state index contributed by atoms with van der Waals surface area (Å²) in [4.78, 5) is 5.04. The van der Waals surface area contributed by atoms with Crippen LogP contribution in [0.3, 0.4) is 0 Å². The quantitative estimate of drug-likeness (QED) is 0.405. The van der Waals surface area contributed by atoms with Crippen LogP contribution < -0.4 is 0 Å². The Hall–Kier alpha value is -2.87. The molecule has 3 rings (SSSR count). The van der Waals surface area contributed by atoms with E-state index in [2.05, 4.69) is 74.4 Å². The lowest BCUT2D eigenvalue weighted by Gasteiger charge is -2.32. The topological polar surface area (TPSA) is 32.6 Å². The number of benzene rings is 3. The van der Waals surface area contributed by atoms with E-state index in [1.165, 1.54) is 16.7 Å². The standard InChI is InChI=1S/C31H39NO/c1-29(2,3)23-18-25(30(4,5)6)27(26(19-23)31(7,8)9)32-20-22-16-13-17-24(28(22)33)21-14-11-10-12-15-21/h10-20,33H,1-9H3. The third kappa shape index (κ3) is 5.55. The number of phenolic OH excluding ortho intramolecular Hbond substituents is 1. The molecule has 0 aliphatic rings. The lowest BCUT2D eigenvalue weighted by molar-refractivity contribution is 0.476. The van der Waals surface area contributed by atoms with Crippen molar-refractivity contribution in [2.45, 2.75) is 78.6 Å². The van der Waals surface area contributed by atoms with Crippen LogP contribution in [0.15, 0.2) is 65.7 Å². The van der Waals surface area contributed by atoms with Crippen LogP contribution in [0.1, 0.15) is 84.6 Å². The molecule has 0 aromatic heterocycles. The van der Waals surface area contributed by atoms with E-state index in [9.17, 15) is 5.11 Å². The summed E-state index contributed by atoms with van der Waals surface area (Å²) in [5.74, 6) is 0.258. The second kappa shape index (κ2) is 8.82. The van der Waals surface area contributed by atoms with Gasteiger partial charge in [-0.1, -0.05) is 117 Å². The molecular formula is C31H39NO. The second-order valence-electron chi connectivity index (χ2n) is 12.0. The average molecular weight is 442 g/mol. The van der Waals surface area contributed by atoms with Crippen molar-refractivity contribution < 1.29 is 5.11 Å². The molecule has 2 heteroatoms. The normalized spacial score (nSPS) is 13.0. The smallest absolute Gasteiger partial charge is 0.132 e. The molecule has 0 amide bonds. The second-order valence-corrected chi connectivity index (χ2v) is 12.0. The summed E-state index contributed by atoms with van der Waals surface area (Å²) >= 11 is 0. The lowest BCUT2D eigenvalue weighted by Crippen LogP contribution is -2.21. The molecular weight excluding hydrogens is 402 g/mol. The van der Waals surface area contributed by atoms with Crippen molar-refractivity contribution in [3.05, 3.63) is 82.9 Å². The zero-order chi connectivity index (χ0) is 24.6. The Balaban J connectivity index is 2.21. The average Bonchev–Trinajstić information content (AvgIpc) is 2.71. The lowest BCUT2D eigenvalue weighted by atomic mass is 9.74. The van der Waals surface area contributed by atoms with Crippen molar-refractivity contribution >= 4 is 11.9 Å². The molecule has 33 heavy (non-hydrogen) atoms. The molecule has 2 nitrogen and oxygen atoms in total. The van der Waals surface area contributed by atoms with Crippen LogP contribution in [0.5, 0.6) is 5.75 Å². The molecule has 1 N–H and O–H groups in total. The molecule has 0 fully saturated rings. The molecule has 0 radical (unpaired) electrons. The highest BCUT2D eigenvalue weighted by molar-refractivity contribution is 5.90. The van der Waals surface area contributed by atoms with Crippen molar-refractivity contribution in [1.29, 1.82) is 0 Å². The molecule has 3 aromatic rings. The summed E-state index contributed by atoms with van der Waals surface area (Å²) in [6, 6.07) is 20.5. The van der Waals surface area contributed by atoms with Gasteiger partial charge < -0.3 is 5.11 Å².